The largest absolute Gasteiger partial charge is 0.354 e. The van der Waals surface area contributed by atoms with E-state index in [1.54, 1.807) is 28.0 Å². The van der Waals surface area contributed by atoms with Gasteiger partial charge in [0.1, 0.15) is 11.3 Å². The highest BCUT2D eigenvalue weighted by Crippen LogP contribution is 2.31. The Labute approximate surface area is 166 Å². The number of carbonyl (C=O) groups excluding carboxylic acids is 2. The SMILES string of the molecule is CC(=O)NCCn1nc(C2CCN(C(=O)c3cccc(F)c3)C2)c2nccnc21. The van der Waals surface area contributed by atoms with E-state index in [1.807, 2.05) is 0 Å². The predicted octanol–water partition coefficient (Wildman–Crippen LogP) is 1.73. The molecule has 0 aliphatic carbocycles. The zero-order valence-corrected chi connectivity index (χ0v) is 16.0. The van der Waals surface area contributed by atoms with E-state index in [9.17, 15) is 14.0 Å². The van der Waals surface area contributed by atoms with Crippen LogP contribution in [0.5, 0.6) is 0 Å². The summed E-state index contributed by atoms with van der Waals surface area (Å²) in [5.74, 6) is -0.693. The van der Waals surface area contributed by atoms with Gasteiger partial charge in [-0.25, -0.2) is 19.0 Å². The van der Waals surface area contributed by atoms with Crippen LogP contribution in [0.2, 0.25) is 0 Å². The van der Waals surface area contributed by atoms with Gasteiger partial charge in [-0.1, -0.05) is 6.07 Å². The van der Waals surface area contributed by atoms with Crippen LogP contribution in [0.4, 0.5) is 4.39 Å². The van der Waals surface area contributed by atoms with Crippen molar-refractivity contribution < 1.29 is 14.0 Å². The maximum Gasteiger partial charge on any atom is 0.253 e. The van der Waals surface area contributed by atoms with Gasteiger partial charge >= 0.3 is 0 Å². The summed E-state index contributed by atoms with van der Waals surface area (Å²) in [6.07, 6.45) is 3.98. The van der Waals surface area contributed by atoms with Crippen molar-refractivity contribution in [2.24, 2.45) is 0 Å². The Kier molecular flexibility index (Phi) is 5.20. The molecule has 1 aliphatic heterocycles. The highest BCUT2D eigenvalue weighted by molar-refractivity contribution is 5.94. The number of amides is 2. The number of likely N-dealkylation sites (tertiary alicyclic amines) is 1. The molecule has 8 nitrogen and oxygen atoms in total. The van der Waals surface area contributed by atoms with Crippen molar-refractivity contribution in [1.82, 2.24) is 30.0 Å². The van der Waals surface area contributed by atoms with Crippen molar-refractivity contribution in [3.8, 4) is 0 Å². The van der Waals surface area contributed by atoms with Gasteiger partial charge in [-0.2, -0.15) is 5.10 Å². The molecule has 29 heavy (non-hydrogen) atoms. The van der Waals surface area contributed by atoms with Gasteiger partial charge < -0.3 is 10.2 Å². The second kappa shape index (κ2) is 7.94. The van der Waals surface area contributed by atoms with Gasteiger partial charge in [0.05, 0.1) is 12.2 Å². The fraction of sp³-hybridized carbons (Fsp3) is 0.350. The van der Waals surface area contributed by atoms with E-state index in [-0.39, 0.29) is 17.7 Å². The molecule has 2 amide bonds. The first-order valence-corrected chi connectivity index (χ1v) is 9.49. The van der Waals surface area contributed by atoms with E-state index >= 15 is 0 Å². The molecule has 3 heterocycles. The topological polar surface area (TPSA) is 93.0 Å². The molecule has 1 N–H and O–H groups in total. The standard InChI is InChI=1S/C20H21FN6O2/c1-13(28)22-8-10-27-19-18(23-6-7-24-19)17(25-27)15-5-9-26(12-15)20(29)14-3-2-4-16(21)11-14/h2-4,6-7,11,15H,5,8-10,12H2,1H3,(H,22,28). The lowest BCUT2D eigenvalue weighted by Crippen LogP contribution is -2.28. The Bertz CT molecular complexity index is 1070. The van der Waals surface area contributed by atoms with E-state index in [1.165, 1.54) is 25.1 Å². The average Bonchev–Trinajstić information content (AvgIpc) is 3.32. The Morgan fingerprint density at radius 3 is 2.90 bits per heavy atom. The molecule has 1 saturated heterocycles. The van der Waals surface area contributed by atoms with Crippen LogP contribution in [0.25, 0.3) is 11.2 Å². The first kappa shape index (κ1) is 19.0. The van der Waals surface area contributed by atoms with Gasteiger partial charge in [0.2, 0.25) is 5.91 Å². The van der Waals surface area contributed by atoms with Crippen LogP contribution in [0.3, 0.4) is 0 Å². The van der Waals surface area contributed by atoms with Crippen molar-refractivity contribution in [2.45, 2.75) is 25.8 Å². The van der Waals surface area contributed by atoms with Crippen molar-refractivity contribution in [2.75, 3.05) is 19.6 Å². The lowest BCUT2D eigenvalue weighted by Gasteiger charge is -2.16. The minimum Gasteiger partial charge on any atom is -0.354 e. The highest BCUT2D eigenvalue weighted by Gasteiger charge is 2.32. The van der Waals surface area contributed by atoms with Crippen LogP contribution in [0.15, 0.2) is 36.7 Å². The molecule has 150 valence electrons. The summed E-state index contributed by atoms with van der Waals surface area (Å²) in [5.41, 5.74) is 2.50. The summed E-state index contributed by atoms with van der Waals surface area (Å²) in [5, 5.41) is 7.44. The fourth-order valence-corrected chi connectivity index (χ4v) is 3.67. The van der Waals surface area contributed by atoms with E-state index in [0.717, 1.165) is 12.1 Å². The number of nitrogens with zero attached hydrogens (tertiary/aromatic N) is 5. The second-order valence-corrected chi connectivity index (χ2v) is 7.07. The third-order valence-corrected chi connectivity index (χ3v) is 5.03. The number of halogens is 1. The highest BCUT2D eigenvalue weighted by atomic mass is 19.1. The van der Waals surface area contributed by atoms with Gasteiger partial charge in [-0.05, 0) is 24.6 Å². The zero-order valence-electron chi connectivity index (χ0n) is 16.0. The van der Waals surface area contributed by atoms with E-state index in [0.29, 0.717) is 42.9 Å². The van der Waals surface area contributed by atoms with Crippen molar-refractivity contribution in [3.63, 3.8) is 0 Å². The number of hydrogen-bond acceptors (Lipinski definition) is 5. The lowest BCUT2D eigenvalue weighted by atomic mass is 10.0. The van der Waals surface area contributed by atoms with Crippen LogP contribution in [0.1, 0.15) is 35.3 Å². The number of nitrogens with one attached hydrogen (secondary N) is 1. The molecule has 2 aromatic heterocycles. The first-order valence-electron chi connectivity index (χ1n) is 9.49. The smallest absolute Gasteiger partial charge is 0.253 e. The molecule has 1 aliphatic rings. The Morgan fingerprint density at radius 2 is 2.10 bits per heavy atom. The molecular formula is C20H21FN6O2. The maximum absolute atomic E-state index is 13.5. The van der Waals surface area contributed by atoms with Crippen LogP contribution in [-0.2, 0) is 11.3 Å². The number of hydrogen-bond donors (Lipinski definition) is 1. The lowest BCUT2D eigenvalue weighted by molar-refractivity contribution is -0.118. The number of rotatable bonds is 5. The first-order chi connectivity index (χ1) is 14.0. The molecule has 4 rings (SSSR count). The van der Waals surface area contributed by atoms with Crippen LogP contribution >= 0.6 is 0 Å². The molecule has 0 radical (unpaired) electrons. The molecular weight excluding hydrogens is 375 g/mol. The van der Waals surface area contributed by atoms with E-state index in [4.69, 9.17) is 5.10 Å². The summed E-state index contributed by atoms with van der Waals surface area (Å²) in [6, 6.07) is 5.74. The van der Waals surface area contributed by atoms with Crippen molar-refractivity contribution in [3.05, 3.63) is 53.7 Å². The summed E-state index contributed by atoms with van der Waals surface area (Å²) in [4.78, 5) is 34.4. The molecule has 3 aromatic rings. The maximum atomic E-state index is 13.5. The van der Waals surface area contributed by atoms with Gasteiger partial charge in [-0.15, -0.1) is 0 Å². The minimum absolute atomic E-state index is 0.0220. The number of aromatic nitrogens is 4. The Hall–Kier alpha value is -3.36. The zero-order chi connectivity index (χ0) is 20.4. The number of benzene rings is 1. The normalized spacial score (nSPS) is 16.3. The second-order valence-electron chi connectivity index (χ2n) is 7.07. The number of fused-ring (bicyclic) bond motifs is 1. The molecule has 0 saturated carbocycles. The third-order valence-electron chi connectivity index (χ3n) is 5.03. The quantitative estimate of drug-likeness (QED) is 0.709. The van der Waals surface area contributed by atoms with Crippen molar-refractivity contribution in [1.29, 1.82) is 0 Å². The molecule has 0 spiro atoms. The number of carbonyl (C=O) groups is 2. The summed E-state index contributed by atoms with van der Waals surface area (Å²) >= 11 is 0. The summed E-state index contributed by atoms with van der Waals surface area (Å²) < 4.78 is 15.2. The molecule has 0 bridgehead atoms. The van der Waals surface area contributed by atoms with Crippen LogP contribution in [-0.4, -0.2) is 56.1 Å². The predicted molar refractivity (Wildman–Crippen MR) is 104 cm³/mol. The molecule has 9 heteroatoms. The van der Waals surface area contributed by atoms with Gasteiger partial charge in [0.15, 0.2) is 5.65 Å². The fourth-order valence-electron chi connectivity index (χ4n) is 3.67. The van der Waals surface area contributed by atoms with Crippen LogP contribution < -0.4 is 5.32 Å². The molecule has 1 aromatic carbocycles. The summed E-state index contributed by atoms with van der Waals surface area (Å²) in [6.45, 7) is 3.45. The monoisotopic (exact) mass is 396 g/mol. The van der Waals surface area contributed by atoms with E-state index < -0.39 is 5.82 Å². The van der Waals surface area contributed by atoms with Gasteiger partial charge in [0.25, 0.3) is 5.91 Å². The minimum atomic E-state index is -0.425. The van der Waals surface area contributed by atoms with E-state index in [2.05, 4.69) is 15.3 Å². The molecule has 1 unspecified atom stereocenters. The van der Waals surface area contributed by atoms with Gasteiger partial charge in [-0.3, -0.25) is 9.59 Å². The Balaban J connectivity index is 1.54. The third kappa shape index (κ3) is 3.94. The van der Waals surface area contributed by atoms with Crippen LogP contribution in [0, 0.1) is 5.82 Å². The average molecular weight is 396 g/mol. The van der Waals surface area contributed by atoms with Gasteiger partial charge in [0, 0.05) is 50.4 Å². The Morgan fingerprint density at radius 1 is 1.28 bits per heavy atom. The summed E-state index contributed by atoms with van der Waals surface area (Å²) in [7, 11) is 0. The van der Waals surface area contributed by atoms with Crippen molar-refractivity contribution >= 4 is 23.0 Å². The molecule has 1 atom stereocenters. The molecule has 1 fully saturated rings.